The van der Waals surface area contributed by atoms with Crippen LogP contribution in [0, 0.1) is 0 Å². The lowest BCUT2D eigenvalue weighted by Gasteiger charge is -2.02. The molecule has 0 atom stereocenters. The fourth-order valence-electron chi connectivity index (χ4n) is 1.21. The highest BCUT2D eigenvalue weighted by molar-refractivity contribution is 5.79. The molecule has 2 rings (SSSR count). The molecule has 66 valence electrons. The molecule has 0 N–H and O–H groups in total. The van der Waals surface area contributed by atoms with E-state index in [2.05, 4.69) is 4.99 Å². The number of hydrogen-bond acceptors (Lipinski definition) is 2. The maximum atomic E-state index is 5.09. The van der Waals surface area contributed by atoms with Gasteiger partial charge in [-0.3, -0.25) is 4.99 Å². The second kappa shape index (κ2) is 3.31. The Morgan fingerprint density at radius 1 is 1.54 bits per heavy atom. The van der Waals surface area contributed by atoms with Crippen LogP contribution in [-0.2, 0) is 0 Å². The molecule has 0 fully saturated rings. The zero-order chi connectivity index (χ0) is 9.10. The number of aliphatic imine (C=N–C) groups is 1. The average Bonchev–Trinajstić information content (AvgIpc) is 2.76. The number of hydrogen-bond donors (Lipinski definition) is 0. The van der Waals surface area contributed by atoms with E-state index in [1.165, 1.54) is 0 Å². The topological polar surface area (TPSA) is 26.5 Å². The van der Waals surface area contributed by atoms with E-state index in [4.69, 9.17) is 4.84 Å². The Morgan fingerprint density at radius 2 is 2.46 bits per heavy atom. The summed E-state index contributed by atoms with van der Waals surface area (Å²) in [6.45, 7) is 0. The van der Waals surface area contributed by atoms with Gasteiger partial charge in [-0.05, 0) is 30.4 Å². The van der Waals surface area contributed by atoms with Crippen molar-refractivity contribution in [3.63, 3.8) is 0 Å². The summed E-state index contributed by atoms with van der Waals surface area (Å²) >= 11 is 0. The predicted octanol–water partition coefficient (Wildman–Crippen LogP) is 1.53. The van der Waals surface area contributed by atoms with Crippen LogP contribution < -0.4 is 4.84 Å². The summed E-state index contributed by atoms with van der Waals surface area (Å²) in [5.74, 6) is 0. The highest BCUT2D eigenvalue weighted by Crippen LogP contribution is 2.11. The molecule has 2 heterocycles. The van der Waals surface area contributed by atoms with Gasteiger partial charge >= 0.3 is 0 Å². The van der Waals surface area contributed by atoms with E-state index >= 15 is 0 Å². The van der Waals surface area contributed by atoms with Crippen LogP contribution in [0.5, 0.6) is 0 Å². The van der Waals surface area contributed by atoms with E-state index < -0.39 is 0 Å². The van der Waals surface area contributed by atoms with Crippen molar-refractivity contribution in [1.29, 1.82) is 0 Å². The molecule has 0 bridgehead atoms. The molecule has 3 nitrogen and oxygen atoms in total. The molecule has 1 aromatic rings. The summed E-state index contributed by atoms with van der Waals surface area (Å²) in [5.41, 5.74) is 1.93. The Balaban J connectivity index is 2.31. The third-order valence-corrected chi connectivity index (χ3v) is 1.81. The molecule has 0 aromatic carbocycles. The van der Waals surface area contributed by atoms with E-state index in [0.717, 1.165) is 11.4 Å². The van der Waals surface area contributed by atoms with E-state index in [-0.39, 0.29) is 0 Å². The van der Waals surface area contributed by atoms with Gasteiger partial charge in [0.15, 0.2) is 0 Å². The Labute approximate surface area is 76.6 Å². The normalized spacial score (nSPS) is 17.2. The van der Waals surface area contributed by atoms with E-state index in [9.17, 15) is 0 Å². The molecule has 0 saturated heterocycles. The van der Waals surface area contributed by atoms with Gasteiger partial charge in [-0.2, -0.15) is 4.73 Å². The van der Waals surface area contributed by atoms with Gasteiger partial charge in [0.1, 0.15) is 7.11 Å². The van der Waals surface area contributed by atoms with Gasteiger partial charge in [0, 0.05) is 12.4 Å². The quantitative estimate of drug-likeness (QED) is 0.667. The van der Waals surface area contributed by atoms with Crippen molar-refractivity contribution in [3.05, 3.63) is 41.9 Å². The van der Waals surface area contributed by atoms with Crippen LogP contribution in [0.15, 0.2) is 41.2 Å². The van der Waals surface area contributed by atoms with E-state index in [0.29, 0.717) is 0 Å². The van der Waals surface area contributed by atoms with Crippen molar-refractivity contribution < 1.29 is 4.84 Å². The van der Waals surface area contributed by atoms with Crippen LogP contribution in [-0.4, -0.2) is 18.1 Å². The molecule has 1 aliphatic heterocycles. The molecule has 0 radical (unpaired) electrons. The van der Waals surface area contributed by atoms with Crippen LogP contribution in [0.25, 0.3) is 6.08 Å². The second-order valence-electron chi connectivity index (χ2n) is 2.65. The summed E-state index contributed by atoms with van der Waals surface area (Å²) in [4.78, 5) is 9.23. The third kappa shape index (κ3) is 1.54. The third-order valence-electron chi connectivity index (χ3n) is 1.81. The minimum absolute atomic E-state index is 0.942. The molecular formula is C10H10N2O. The highest BCUT2D eigenvalue weighted by atomic mass is 16.6. The van der Waals surface area contributed by atoms with Gasteiger partial charge in [0.25, 0.3) is 0 Å². The average molecular weight is 174 g/mol. The van der Waals surface area contributed by atoms with Crippen molar-refractivity contribution in [2.45, 2.75) is 0 Å². The summed E-state index contributed by atoms with van der Waals surface area (Å²) in [6, 6.07) is 3.90. The second-order valence-corrected chi connectivity index (χ2v) is 2.65. The van der Waals surface area contributed by atoms with Crippen molar-refractivity contribution in [2.24, 2.45) is 4.99 Å². The minimum Gasteiger partial charge on any atom is -0.417 e. The van der Waals surface area contributed by atoms with Gasteiger partial charge in [0.05, 0.1) is 11.4 Å². The Morgan fingerprint density at radius 3 is 3.15 bits per heavy atom. The van der Waals surface area contributed by atoms with Crippen LogP contribution in [0.3, 0.4) is 0 Å². The van der Waals surface area contributed by atoms with Crippen LogP contribution in [0.4, 0.5) is 0 Å². The van der Waals surface area contributed by atoms with Gasteiger partial charge in [-0.25, -0.2) is 0 Å². The highest BCUT2D eigenvalue weighted by Gasteiger charge is 1.99. The minimum atomic E-state index is 0.942. The van der Waals surface area contributed by atoms with E-state index in [1.54, 1.807) is 18.1 Å². The number of nitrogens with zero attached hydrogens (tertiary/aromatic N) is 2. The zero-order valence-electron chi connectivity index (χ0n) is 7.34. The molecule has 13 heavy (non-hydrogen) atoms. The van der Waals surface area contributed by atoms with Gasteiger partial charge in [0.2, 0.25) is 0 Å². The molecule has 1 aliphatic rings. The molecule has 1 aromatic heterocycles. The Hall–Kier alpha value is -1.77. The van der Waals surface area contributed by atoms with Crippen molar-refractivity contribution in [1.82, 2.24) is 4.73 Å². The lowest BCUT2D eigenvalue weighted by Crippen LogP contribution is -2.05. The SMILES string of the molecule is COn1cccc1/C=C1\C=CC=N1. The Kier molecular flexibility index (Phi) is 2.00. The number of aromatic nitrogens is 1. The predicted molar refractivity (Wildman–Crippen MR) is 52.5 cm³/mol. The molecule has 0 spiro atoms. The lowest BCUT2D eigenvalue weighted by atomic mass is 10.3. The Bertz CT molecular complexity index is 371. The fraction of sp³-hybridized carbons (Fsp3) is 0.100. The maximum Gasteiger partial charge on any atom is 0.104 e. The molecule has 0 aliphatic carbocycles. The number of rotatable bonds is 2. The largest absolute Gasteiger partial charge is 0.417 e. The first-order chi connectivity index (χ1) is 6.40. The summed E-state index contributed by atoms with van der Waals surface area (Å²) < 4.78 is 1.69. The first kappa shape index (κ1) is 7.86. The molecule has 3 heteroatoms. The lowest BCUT2D eigenvalue weighted by molar-refractivity contribution is 0.166. The summed E-state index contributed by atoms with van der Waals surface area (Å²) in [6.07, 6.45) is 9.45. The van der Waals surface area contributed by atoms with Crippen molar-refractivity contribution in [3.8, 4) is 0 Å². The maximum absolute atomic E-state index is 5.09. The number of allylic oxidation sites excluding steroid dienone is 2. The first-order valence-electron chi connectivity index (χ1n) is 4.04. The molecule has 0 unspecified atom stereocenters. The van der Waals surface area contributed by atoms with Crippen LogP contribution >= 0.6 is 0 Å². The molecule has 0 amide bonds. The summed E-state index contributed by atoms with van der Waals surface area (Å²) in [5, 5.41) is 0. The standard InChI is InChI=1S/C10H10N2O/c1-13-12-7-3-5-10(12)8-9-4-2-6-11-9/h2-8H,1H3/b9-8+. The van der Waals surface area contributed by atoms with Crippen molar-refractivity contribution in [2.75, 3.05) is 7.11 Å². The van der Waals surface area contributed by atoms with Gasteiger partial charge in [-0.1, -0.05) is 0 Å². The first-order valence-corrected chi connectivity index (χ1v) is 4.04. The monoisotopic (exact) mass is 174 g/mol. The van der Waals surface area contributed by atoms with Crippen molar-refractivity contribution >= 4 is 12.3 Å². The smallest absolute Gasteiger partial charge is 0.104 e. The zero-order valence-corrected chi connectivity index (χ0v) is 7.34. The van der Waals surface area contributed by atoms with Crippen LogP contribution in [0.2, 0.25) is 0 Å². The van der Waals surface area contributed by atoms with Gasteiger partial charge < -0.3 is 4.84 Å². The summed E-state index contributed by atoms with van der Waals surface area (Å²) in [7, 11) is 1.63. The molecule has 0 saturated carbocycles. The fourth-order valence-corrected chi connectivity index (χ4v) is 1.21. The van der Waals surface area contributed by atoms with Crippen LogP contribution in [0.1, 0.15) is 5.69 Å². The molecular weight excluding hydrogens is 164 g/mol. The van der Waals surface area contributed by atoms with Gasteiger partial charge in [-0.15, -0.1) is 0 Å². The van der Waals surface area contributed by atoms with E-state index in [1.807, 2.05) is 36.6 Å².